The van der Waals surface area contributed by atoms with Gasteiger partial charge in [-0.1, -0.05) is 22.0 Å². The highest BCUT2D eigenvalue weighted by atomic mass is 79.9. The van der Waals surface area contributed by atoms with Gasteiger partial charge in [-0.15, -0.1) is 0 Å². The summed E-state index contributed by atoms with van der Waals surface area (Å²) < 4.78 is 0.787. The van der Waals surface area contributed by atoms with Crippen LogP contribution < -0.4 is 0 Å². The Labute approximate surface area is 102 Å². The molecule has 0 spiro atoms. The first-order valence-corrected chi connectivity index (χ1v) is 5.48. The maximum Gasteiger partial charge on any atom is 0.326 e. The molecule has 0 aliphatic heterocycles. The number of nitrogens with zero attached hydrogens (tertiary/aromatic N) is 1. The van der Waals surface area contributed by atoms with Crippen LogP contribution in [0.5, 0.6) is 0 Å². The zero-order valence-corrected chi connectivity index (χ0v) is 10.6. The summed E-state index contributed by atoms with van der Waals surface area (Å²) in [6.45, 7) is 1.47. The van der Waals surface area contributed by atoms with Gasteiger partial charge in [0.15, 0.2) is 0 Å². The van der Waals surface area contributed by atoms with Gasteiger partial charge in [0.2, 0.25) is 0 Å². The fourth-order valence-electron chi connectivity index (χ4n) is 1.17. The number of hydrogen-bond acceptors (Lipinski definition) is 2. The van der Waals surface area contributed by atoms with Crippen LogP contribution in [-0.4, -0.2) is 35.0 Å². The van der Waals surface area contributed by atoms with Crippen LogP contribution >= 0.6 is 15.9 Å². The lowest BCUT2D eigenvalue weighted by molar-refractivity contribution is -0.141. The highest BCUT2D eigenvalue weighted by Crippen LogP contribution is 2.14. The third-order valence-corrected chi connectivity index (χ3v) is 2.82. The molecule has 0 radical (unpaired) electrons. The van der Waals surface area contributed by atoms with Gasteiger partial charge in [-0.3, -0.25) is 4.79 Å². The fourth-order valence-corrected chi connectivity index (χ4v) is 1.57. The number of amides is 1. The van der Waals surface area contributed by atoms with Gasteiger partial charge in [0, 0.05) is 17.1 Å². The Kier molecular flexibility index (Phi) is 4.06. The number of benzene rings is 1. The van der Waals surface area contributed by atoms with Gasteiger partial charge in [-0.05, 0) is 25.1 Å². The lowest BCUT2D eigenvalue weighted by Gasteiger charge is -2.21. The highest BCUT2D eigenvalue weighted by Gasteiger charge is 2.22. The number of aliphatic carboxylic acids is 1. The van der Waals surface area contributed by atoms with E-state index in [0.717, 1.165) is 4.47 Å². The first kappa shape index (κ1) is 12.7. The first-order chi connectivity index (χ1) is 7.43. The summed E-state index contributed by atoms with van der Waals surface area (Å²) in [5.74, 6) is -1.33. The van der Waals surface area contributed by atoms with Gasteiger partial charge in [0.25, 0.3) is 5.91 Å². The Morgan fingerprint density at radius 3 is 2.56 bits per heavy atom. The molecule has 1 aromatic carbocycles. The number of hydrogen-bond donors (Lipinski definition) is 1. The van der Waals surface area contributed by atoms with Gasteiger partial charge >= 0.3 is 5.97 Å². The molecular weight excluding hydrogens is 274 g/mol. The molecule has 0 aliphatic carbocycles. The van der Waals surface area contributed by atoms with Crippen molar-refractivity contribution in [3.63, 3.8) is 0 Å². The van der Waals surface area contributed by atoms with Crippen molar-refractivity contribution < 1.29 is 14.7 Å². The number of carbonyl (C=O) groups is 2. The SMILES string of the molecule is CC(C(=O)O)N(C)C(=O)c1cccc(Br)c1. The molecule has 1 N–H and O–H groups in total. The lowest BCUT2D eigenvalue weighted by atomic mass is 10.2. The minimum absolute atomic E-state index is 0.309. The van der Waals surface area contributed by atoms with E-state index in [9.17, 15) is 9.59 Å². The van der Waals surface area contributed by atoms with Crippen LogP contribution in [0.4, 0.5) is 0 Å². The van der Waals surface area contributed by atoms with Gasteiger partial charge in [-0.25, -0.2) is 4.79 Å². The van der Waals surface area contributed by atoms with Gasteiger partial charge < -0.3 is 10.0 Å². The summed E-state index contributed by atoms with van der Waals surface area (Å²) in [6, 6.07) is 6.01. The third kappa shape index (κ3) is 2.82. The molecule has 16 heavy (non-hydrogen) atoms. The Balaban J connectivity index is 2.90. The first-order valence-electron chi connectivity index (χ1n) is 4.69. The molecule has 0 bridgehead atoms. The van der Waals surface area contributed by atoms with Crippen molar-refractivity contribution in [2.45, 2.75) is 13.0 Å². The molecule has 1 rings (SSSR count). The van der Waals surface area contributed by atoms with Crippen molar-refractivity contribution in [2.24, 2.45) is 0 Å². The average molecular weight is 286 g/mol. The van der Waals surface area contributed by atoms with Gasteiger partial charge in [0.1, 0.15) is 6.04 Å². The van der Waals surface area contributed by atoms with Crippen molar-refractivity contribution in [3.05, 3.63) is 34.3 Å². The molecule has 0 aromatic heterocycles. The third-order valence-electron chi connectivity index (χ3n) is 2.33. The smallest absolute Gasteiger partial charge is 0.326 e. The van der Waals surface area contributed by atoms with E-state index in [4.69, 9.17) is 5.11 Å². The molecule has 5 heteroatoms. The molecule has 0 fully saturated rings. The van der Waals surface area contributed by atoms with E-state index < -0.39 is 12.0 Å². The van der Waals surface area contributed by atoms with E-state index in [1.807, 2.05) is 0 Å². The topological polar surface area (TPSA) is 57.6 Å². The van der Waals surface area contributed by atoms with E-state index >= 15 is 0 Å². The molecule has 1 amide bonds. The minimum Gasteiger partial charge on any atom is -0.480 e. The molecule has 4 nitrogen and oxygen atoms in total. The summed E-state index contributed by atoms with van der Waals surface area (Å²) >= 11 is 3.26. The van der Waals surface area contributed by atoms with Crippen LogP contribution in [0.1, 0.15) is 17.3 Å². The van der Waals surface area contributed by atoms with Crippen LogP contribution in [0.25, 0.3) is 0 Å². The number of rotatable bonds is 3. The number of halogens is 1. The zero-order valence-electron chi connectivity index (χ0n) is 8.98. The zero-order chi connectivity index (χ0) is 12.3. The molecule has 0 heterocycles. The van der Waals surface area contributed by atoms with Crippen molar-refractivity contribution in [2.75, 3.05) is 7.05 Å². The van der Waals surface area contributed by atoms with Gasteiger partial charge in [0.05, 0.1) is 0 Å². The van der Waals surface area contributed by atoms with Crippen LogP contribution in [0.3, 0.4) is 0 Å². The summed E-state index contributed by atoms with van der Waals surface area (Å²) in [7, 11) is 1.47. The second-order valence-electron chi connectivity index (χ2n) is 3.44. The largest absolute Gasteiger partial charge is 0.480 e. The maximum absolute atomic E-state index is 11.9. The molecular formula is C11H12BrNO3. The standard InChI is InChI=1S/C11H12BrNO3/c1-7(11(15)16)13(2)10(14)8-4-3-5-9(12)6-8/h3-7H,1-2H3,(H,15,16). The van der Waals surface area contributed by atoms with E-state index in [0.29, 0.717) is 5.56 Å². The predicted molar refractivity (Wildman–Crippen MR) is 63.3 cm³/mol. The molecule has 0 saturated carbocycles. The maximum atomic E-state index is 11.9. The van der Waals surface area contributed by atoms with Crippen molar-refractivity contribution in [1.29, 1.82) is 0 Å². The molecule has 1 atom stereocenters. The van der Waals surface area contributed by atoms with E-state index in [1.165, 1.54) is 18.9 Å². The minimum atomic E-state index is -1.02. The highest BCUT2D eigenvalue weighted by molar-refractivity contribution is 9.10. The quantitative estimate of drug-likeness (QED) is 0.924. The number of carboxylic acids is 1. The second-order valence-corrected chi connectivity index (χ2v) is 4.36. The predicted octanol–water partition coefficient (Wildman–Crippen LogP) is 1.99. The number of carboxylic acid groups (broad SMARTS) is 1. The van der Waals surface area contributed by atoms with Crippen molar-refractivity contribution in [1.82, 2.24) is 4.90 Å². The fraction of sp³-hybridized carbons (Fsp3) is 0.273. The summed E-state index contributed by atoms with van der Waals surface area (Å²) in [4.78, 5) is 23.8. The lowest BCUT2D eigenvalue weighted by Crippen LogP contribution is -2.40. The second kappa shape index (κ2) is 5.12. The average Bonchev–Trinajstić information content (AvgIpc) is 2.26. The van der Waals surface area contributed by atoms with E-state index in [2.05, 4.69) is 15.9 Å². The molecule has 1 unspecified atom stereocenters. The molecule has 1 aromatic rings. The van der Waals surface area contributed by atoms with Crippen LogP contribution in [-0.2, 0) is 4.79 Å². The summed E-state index contributed by atoms with van der Waals surface area (Å²) in [5, 5.41) is 8.80. The van der Waals surface area contributed by atoms with E-state index in [-0.39, 0.29) is 5.91 Å². The normalized spacial score (nSPS) is 11.9. The number of likely N-dealkylation sites (N-methyl/N-ethyl adjacent to an activating group) is 1. The summed E-state index contributed by atoms with van der Waals surface area (Å²) in [5.41, 5.74) is 0.463. The van der Waals surface area contributed by atoms with Crippen LogP contribution in [0.2, 0.25) is 0 Å². The Morgan fingerprint density at radius 2 is 2.06 bits per heavy atom. The number of carbonyl (C=O) groups excluding carboxylic acids is 1. The van der Waals surface area contributed by atoms with Crippen LogP contribution in [0.15, 0.2) is 28.7 Å². The van der Waals surface area contributed by atoms with Crippen molar-refractivity contribution in [3.8, 4) is 0 Å². The monoisotopic (exact) mass is 285 g/mol. The Hall–Kier alpha value is -1.36. The van der Waals surface area contributed by atoms with E-state index in [1.54, 1.807) is 24.3 Å². The van der Waals surface area contributed by atoms with Crippen molar-refractivity contribution >= 4 is 27.8 Å². The Morgan fingerprint density at radius 1 is 1.44 bits per heavy atom. The Bertz CT molecular complexity index is 419. The van der Waals surface area contributed by atoms with Crippen LogP contribution in [0, 0.1) is 0 Å². The molecule has 86 valence electrons. The molecule has 0 saturated heterocycles. The van der Waals surface area contributed by atoms with Gasteiger partial charge in [-0.2, -0.15) is 0 Å². The molecule has 0 aliphatic rings. The summed E-state index contributed by atoms with van der Waals surface area (Å²) in [6.07, 6.45) is 0.